The van der Waals surface area contributed by atoms with Crippen LogP contribution in [0.5, 0.6) is 0 Å². The van der Waals surface area contributed by atoms with E-state index in [1.807, 2.05) is 24.3 Å². The van der Waals surface area contributed by atoms with E-state index in [4.69, 9.17) is 4.74 Å². The van der Waals surface area contributed by atoms with Gasteiger partial charge in [-0.2, -0.15) is 0 Å². The van der Waals surface area contributed by atoms with Gasteiger partial charge in [0.1, 0.15) is 0 Å². The molecule has 0 radical (unpaired) electrons. The maximum absolute atomic E-state index is 12.5. The van der Waals surface area contributed by atoms with Crippen molar-refractivity contribution in [1.29, 1.82) is 0 Å². The van der Waals surface area contributed by atoms with Crippen LogP contribution in [0.1, 0.15) is 32.1 Å². The van der Waals surface area contributed by atoms with E-state index in [9.17, 15) is 4.79 Å². The Hall–Kier alpha value is -1.57. The molecule has 0 unspecified atom stereocenters. The molecule has 7 heteroatoms. The van der Waals surface area contributed by atoms with E-state index in [1.54, 1.807) is 0 Å². The van der Waals surface area contributed by atoms with Gasteiger partial charge in [-0.15, -0.1) is 0 Å². The van der Waals surface area contributed by atoms with Crippen LogP contribution in [0.15, 0.2) is 29.4 Å². The Bertz CT molecular complexity index is 733. The van der Waals surface area contributed by atoms with E-state index in [-0.39, 0.29) is 11.4 Å². The number of aromatic amines is 1. The molecule has 1 aliphatic carbocycles. The summed E-state index contributed by atoms with van der Waals surface area (Å²) in [5.74, 6) is 0.470. The Morgan fingerprint density at radius 3 is 2.78 bits per heavy atom. The third-order valence-electron chi connectivity index (χ3n) is 5.79. The molecule has 0 bridgehead atoms. The number of amides is 1. The van der Waals surface area contributed by atoms with E-state index < -0.39 is 0 Å². The van der Waals surface area contributed by atoms with E-state index >= 15 is 0 Å². The van der Waals surface area contributed by atoms with Crippen LogP contribution in [0.2, 0.25) is 0 Å². The normalized spacial score (nSPS) is 20.6. The second-order valence-corrected chi connectivity index (χ2v) is 8.47. The number of carbonyl (C=O) groups excluding carboxylic acids is 1. The molecule has 4 rings (SSSR count). The number of fused-ring (bicyclic) bond motifs is 1. The first-order valence-electron chi connectivity index (χ1n) is 9.92. The third kappa shape index (κ3) is 4.47. The quantitative estimate of drug-likeness (QED) is 0.745. The lowest BCUT2D eigenvalue weighted by molar-refractivity contribution is -0.119. The minimum Gasteiger partial charge on any atom is -0.379 e. The highest BCUT2D eigenvalue weighted by atomic mass is 32.2. The Kier molecular flexibility index (Phi) is 6.00. The predicted molar refractivity (Wildman–Crippen MR) is 108 cm³/mol. The number of benzene rings is 1. The molecule has 0 spiro atoms. The van der Waals surface area contributed by atoms with Gasteiger partial charge in [-0.05, 0) is 25.0 Å². The molecule has 1 saturated carbocycles. The molecule has 6 nitrogen and oxygen atoms in total. The molecule has 2 aromatic rings. The SMILES string of the molecule is O=C(CSc1nc2ccccc2[nH]1)NCC1(N2CCOCC2)CCCCC1. The van der Waals surface area contributed by atoms with Crippen LogP contribution in [0.4, 0.5) is 0 Å². The molecule has 146 valence electrons. The van der Waals surface area contributed by atoms with Crippen LogP contribution in [-0.4, -0.2) is 64.9 Å². The van der Waals surface area contributed by atoms with Crippen LogP contribution in [0.3, 0.4) is 0 Å². The number of hydrogen-bond donors (Lipinski definition) is 2. The van der Waals surface area contributed by atoms with Gasteiger partial charge in [0.15, 0.2) is 5.16 Å². The van der Waals surface area contributed by atoms with Crippen molar-refractivity contribution < 1.29 is 9.53 Å². The Labute approximate surface area is 164 Å². The zero-order chi connectivity index (χ0) is 18.5. The van der Waals surface area contributed by atoms with Crippen molar-refractivity contribution in [2.75, 3.05) is 38.6 Å². The van der Waals surface area contributed by atoms with Crippen molar-refractivity contribution in [2.45, 2.75) is 42.8 Å². The van der Waals surface area contributed by atoms with E-state index in [2.05, 4.69) is 20.2 Å². The van der Waals surface area contributed by atoms with E-state index in [1.165, 1.54) is 43.9 Å². The molecular formula is C20H28N4O2S. The number of para-hydroxylation sites is 2. The summed E-state index contributed by atoms with van der Waals surface area (Å²) in [6, 6.07) is 7.93. The van der Waals surface area contributed by atoms with Crippen molar-refractivity contribution in [3.05, 3.63) is 24.3 Å². The van der Waals surface area contributed by atoms with Gasteiger partial charge < -0.3 is 15.0 Å². The zero-order valence-electron chi connectivity index (χ0n) is 15.7. The lowest BCUT2D eigenvalue weighted by Gasteiger charge is -2.48. The number of thioether (sulfide) groups is 1. The number of aromatic nitrogens is 2. The summed E-state index contributed by atoms with van der Waals surface area (Å²) in [5, 5.41) is 4.01. The number of morpholine rings is 1. The molecule has 2 fully saturated rings. The molecule has 2 aliphatic rings. The summed E-state index contributed by atoms with van der Waals surface area (Å²) in [6.45, 7) is 4.30. The van der Waals surface area contributed by atoms with Crippen LogP contribution >= 0.6 is 11.8 Å². The lowest BCUT2D eigenvalue weighted by Crippen LogP contribution is -2.59. The fourth-order valence-electron chi connectivity index (χ4n) is 4.30. The standard InChI is InChI=1S/C20H28N4O2S/c25-18(14-27-19-22-16-6-2-3-7-17(16)23-19)21-15-20(8-4-1-5-9-20)24-10-12-26-13-11-24/h2-3,6-7H,1,4-5,8-15H2,(H,21,25)(H,22,23). The van der Waals surface area contributed by atoms with Gasteiger partial charge in [-0.3, -0.25) is 9.69 Å². The number of rotatable bonds is 6. The predicted octanol–water partition coefficient (Wildman–Crippen LogP) is 2.81. The Morgan fingerprint density at radius 2 is 2.00 bits per heavy atom. The lowest BCUT2D eigenvalue weighted by atomic mass is 9.79. The second kappa shape index (κ2) is 8.63. The minimum absolute atomic E-state index is 0.0821. The third-order valence-corrected chi connectivity index (χ3v) is 6.66. The van der Waals surface area contributed by atoms with E-state index in [0.29, 0.717) is 5.75 Å². The van der Waals surface area contributed by atoms with Gasteiger partial charge in [0.25, 0.3) is 0 Å². The fourth-order valence-corrected chi connectivity index (χ4v) is 5.01. The van der Waals surface area contributed by atoms with Gasteiger partial charge in [0, 0.05) is 25.2 Å². The highest BCUT2D eigenvalue weighted by Crippen LogP contribution is 2.34. The van der Waals surface area contributed by atoms with Crippen molar-refractivity contribution in [3.63, 3.8) is 0 Å². The minimum atomic E-state index is 0.0821. The van der Waals surface area contributed by atoms with Gasteiger partial charge in [0.2, 0.25) is 5.91 Å². The Balaban J connectivity index is 1.32. The van der Waals surface area contributed by atoms with Gasteiger partial charge in [0.05, 0.1) is 30.0 Å². The molecule has 2 heterocycles. The van der Waals surface area contributed by atoms with Crippen LogP contribution in [0.25, 0.3) is 11.0 Å². The molecule has 1 aromatic heterocycles. The monoisotopic (exact) mass is 388 g/mol. The van der Waals surface area contributed by atoms with E-state index in [0.717, 1.165) is 49.0 Å². The number of ether oxygens (including phenoxy) is 1. The summed E-state index contributed by atoms with van der Waals surface area (Å²) in [5.41, 5.74) is 2.06. The average molecular weight is 389 g/mol. The van der Waals surface area contributed by atoms with Gasteiger partial charge in [-0.25, -0.2) is 4.98 Å². The maximum atomic E-state index is 12.5. The van der Waals surface area contributed by atoms with Crippen molar-refractivity contribution >= 4 is 28.7 Å². The first-order chi connectivity index (χ1) is 13.3. The van der Waals surface area contributed by atoms with Gasteiger partial charge in [-0.1, -0.05) is 43.2 Å². The van der Waals surface area contributed by atoms with Crippen LogP contribution in [-0.2, 0) is 9.53 Å². The number of carbonyl (C=O) groups is 1. The molecule has 1 amide bonds. The summed E-state index contributed by atoms with van der Waals surface area (Å²) in [7, 11) is 0. The number of nitrogens with zero attached hydrogens (tertiary/aromatic N) is 2. The maximum Gasteiger partial charge on any atom is 0.230 e. The molecule has 0 atom stereocenters. The zero-order valence-corrected chi connectivity index (χ0v) is 16.5. The molecular weight excluding hydrogens is 360 g/mol. The topological polar surface area (TPSA) is 70.2 Å². The molecule has 27 heavy (non-hydrogen) atoms. The highest BCUT2D eigenvalue weighted by molar-refractivity contribution is 7.99. The molecule has 1 aromatic carbocycles. The largest absolute Gasteiger partial charge is 0.379 e. The highest BCUT2D eigenvalue weighted by Gasteiger charge is 2.38. The smallest absolute Gasteiger partial charge is 0.230 e. The fraction of sp³-hybridized carbons (Fsp3) is 0.600. The number of hydrogen-bond acceptors (Lipinski definition) is 5. The van der Waals surface area contributed by atoms with Crippen LogP contribution in [0, 0.1) is 0 Å². The van der Waals surface area contributed by atoms with Crippen LogP contribution < -0.4 is 5.32 Å². The summed E-state index contributed by atoms with van der Waals surface area (Å²) >= 11 is 1.46. The molecule has 1 saturated heterocycles. The molecule has 1 aliphatic heterocycles. The first kappa shape index (κ1) is 18.8. The Morgan fingerprint density at radius 1 is 1.22 bits per heavy atom. The van der Waals surface area contributed by atoms with Gasteiger partial charge >= 0.3 is 0 Å². The molecule has 2 N–H and O–H groups in total. The number of nitrogens with one attached hydrogen (secondary N) is 2. The first-order valence-corrected chi connectivity index (χ1v) is 10.9. The number of imidazole rings is 1. The summed E-state index contributed by atoms with van der Waals surface area (Å²) in [4.78, 5) is 22.8. The average Bonchev–Trinajstić information content (AvgIpc) is 3.15. The van der Waals surface area contributed by atoms with Crippen molar-refractivity contribution in [1.82, 2.24) is 20.2 Å². The van der Waals surface area contributed by atoms with Crippen molar-refractivity contribution in [3.8, 4) is 0 Å². The van der Waals surface area contributed by atoms with Crippen molar-refractivity contribution in [2.24, 2.45) is 0 Å². The number of H-pyrrole nitrogens is 1. The summed E-state index contributed by atoms with van der Waals surface area (Å²) in [6.07, 6.45) is 6.15. The summed E-state index contributed by atoms with van der Waals surface area (Å²) < 4.78 is 5.53. The second-order valence-electron chi connectivity index (χ2n) is 7.51.